The standard InChI is InChI=1S/C14H22N2O3/c1-17-11-5-4-10(7-15)12(6-11)16-8-13(18-2)14(9-16)19-3/h4-6,13-14H,7-9,15H2,1-3H3. The molecule has 2 rings (SSSR count). The summed E-state index contributed by atoms with van der Waals surface area (Å²) in [4.78, 5) is 2.24. The molecule has 0 aromatic heterocycles. The van der Waals surface area contributed by atoms with Gasteiger partial charge in [-0.15, -0.1) is 0 Å². The zero-order valence-electron chi connectivity index (χ0n) is 11.8. The molecule has 0 aliphatic carbocycles. The van der Waals surface area contributed by atoms with Crippen molar-refractivity contribution in [2.45, 2.75) is 18.8 Å². The first kappa shape index (κ1) is 14.1. The fourth-order valence-electron chi connectivity index (χ4n) is 2.53. The number of hydrogen-bond acceptors (Lipinski definition) is 5. The summed E-state index contributed by atoms with van der Waals surface area (Å²) in [5, 5.41) is 0. The molecule has 1 saturated heterocycles. The van der Waals surface area contributed by atoms with E-state index in [1.165, 1.54) is 0 Å². The van der Waals surface area contributed by atoms with E-state index in [0.717, 1.165) is 30.1 Å². The second-order valence-electron chi connectivity index (χ2n) is 4.65. The van der Waals surface area contributed by atoms with Crippen LogP contribution in [0.15, 0.2) is 18.2 Å². The minimum absolute atomic E-state index is 0.0850. The van der Waals surface area contributed by atoms with E-state index in [1.54, 1.807) is 21.3 Å². The fourth-order valence-corrected chi connectivity index (χ4v) is 2.53. The molecule has 0 bridgehead atoms. The second kappa shape index (κ2) is 6.23. The van der Waals surface area contributed by atoms with Gasteiger partial charge in [0.25, 0.3) is 0 Å². The lowest BCUT2D eigenvalue weighted by atomic mass is 10.1. The molecule has 1 aromatic carbocycles. The van der Waals surface area contributed by atoms with Crippen LogP contribution in [0.25, 0.3) is 0 Å². The van der Waals surface area contributed by atoms with Gasteiger partial charge in [0.2, 0.25) is 0 Å². The molecule has 19 heavy (non-hydrogen) atoms. The third-order valence-electron chi connectivity index (χ3n) is 3.67. The molecule has 5 nitrogen and oxygen atoms in total. The summed E-state index contributed by atoms with van der Waals surface area (Å²) >= 11 is 0. The van der Waals surface area contributed by atoms with E-state index in [4.69, 9.17) is 19.9 Å². The Labute approximate surface area is 114 Å². The van der Waals surface area contributed by atoms with Crippen molar-refractivity contribution in [3.8, 4) is 5.75 Å². The van der Waals surface area contributed by atoms with Gasteiger partial charge in [-0.3, -0.25) is 0 Å². The highest BCUT2D eigenvalue weighted by Gasteiger charge is 2.33. The Balaban J connectivity index is 2.26. The predicted octanol–water partition coefficient (Wildman–Crippen LogP) is 1.00. The van der Waals surface area contributed by atoms with Crippen LogP contribution in [0.5, 0.6) is 5.75 Å². The third kappa shape index (κ3) is 2.83. The topological polar surface area (TPSA) is 57.0 Å². The van der Waals surface area contributed by atoms with Gasteiger partial charge >= 0.3 is 0 Å². The Bertz CT molecular complexity index is 413. The van der Waals surface area contributed by atoms with E-state index in [-0.39, 0.29) is 12.2 Å². The number of hydrogen-bond donors (Lipinski definition) is 1. The van der Waals surface area contributed by atoms with Crippen LogP contribution in [0.3, 0.4) is 0 Å². The van der Waals surface area contributed by atoms with Crippen LogP contribution in [-0.2, 0) is 16.0 Å². The quantitative estimate of drug-likeness (QED) is 0.862. The van der Waals surface area contributed by atoms with Crippen molar-refractivity contribution in [3.63, 3.8) is 0 Å². The van der Waals surface area contributed by atoms with Crippen LogP contribution < -0.4 is 15.4 Å². The Hall–Kier alpha value is -1.30. The number of methoxy groups -OCH3 is 3. The van der Waals surface area contributed by atoms with Gasteiger partial charge in [0.15, 0.2) is 0 Å². The molecule has 1 aromatic rings. The molecule has 2 unspecified atom stereocenters. The first-order valence-electron chi connectivity index (χ1n) is 6.41. The van der Waals surface area contributed by atoms with Crippen molar-refractivity contribution >= 4 is 5.69 Å². The van der Waals surface area contributed by atoms with Gasteiger partial charge in [-0.1, -0.05) is 6.07 Å². The van der Waals surface area contributed by atoms with Gasteiger partial charge < -0.3 is 24.8 Å². The maximum atomic E-state index is 5.81. The zero-order chi connectivity index (χ0) is 13.8. The highest BCUT2D eigenvalue weighted by Crippen LogP contribution is 2.30. The van der Waals surface area contributed by atoms with E-state index in [2.05, 4.69) is 4.90 Å². The molecule has 106 valence electrons. The number of ether oxygens (including phenoxy) is 3. The monoisotopic (exact) mass is 266 g/mol. The molecular formula is C14H22N2O3. The van der Waals surface area contributed by atoms with Crippen molar-refractivity contribution in [1.29, 1.82) is 0 Å². The van der Waals surface area contributed by atoms with Gasteiger partial charge in [0.05, 0.1) is 7.11 Å². The summed E-state index contributed by atoms with van der Waals surface area (Å²) in [7, 11) is 5.10. The number of benzene rings is 1. The van der Waals surface area contributed by atoms with Crippen LogP contribution in [-0.4, -0.2) is 46.6 Å². The minimum Gasteiger partial charge on any atom is -0.497 e. The average molecular weight is 266 g/mol. The molecule has 5 heteroatoms. The van der Waals surface area contributed by atoms with E-state index in [1.807, 2.05) is 18.2 Å². The van der Waals surface area contributed by atoms with Gasteiger partial charge in [-0.2, -0.15) is 0 Å². The third-order valence-corrected chi connectivity index (χ3v) is 3.67. The molecule has 0 radical (unpaired) electrons. The predicted molar refractivity (Wildman–Crippen MR) is 74.7 cm³/mol. The normalized spacial score (nSPS) is 22.8. The Morgan fingerprint density at radius 1 is 1.16 bits per heavy atom. The second-order valence-corrected chi connectivity index (χ2v) is 4.65. The van der Waals surface area contributed by atoms with Crippen molar-refractivity contribution in [3.05, 3.63) is 23.8 Å². The number of nitrogens with zero attached hydrogens (tertiary/aromatic N) is 1. The maximum Gasteiger partial charge on any atom is 0.120 e. The van der Waals surface area contributed by atoms with Crippen molar-refractivity contribution < 1.29 is 14.2 Å². The molecule has 1 heterocycles. The SMILES string of the molecule is COc1ccc(CN)c(N2CC(OC)C(OC)C2)c1. The Morgan fingerprint density at radius 3 is 2.26 bits per heavy atom. The lowest BCUT2D eigenvalue weighted by Gasteiger charge is -2.22. The summed E-state index contributed by atoms with van der Waals surface area (Å²) in [6.07, 6.45) is 0.170. The van der Waals surface area contributed by atoms with E-state index >= 15 is 0 Å². The van der Waals surface area contributed by atoms with Crippen LogP contribution in [0.2, 0.25) is 0 Å². The van der Waals surface area contributed by atoms with Crippen molar-refractivity contribution in [2.24, 2.45) is 5.73 Å². The van der Waals surface area contributed by atoms with Gasteiger partial charge in [-0.25, -0.2) is 0 Å². The lowest BCUT2D eigenvalue weighted by Crippen LogP contribution is -2.27. The summed E-state index contributed by atoms with van der Waals surface area (Å²) in [5.74, 6) is 0.835. The molecule has 1 aliphatic rings. The molecule has 0 amide bonds. The molecule has 1 fully saturated rings. The van der Waals surface area contributed by atoms with Gasteiger partial charge in [0.1, 0.15) is 18.0 Å². The largest absolute Gasteiger partial charge is 0.497 e. The van der Waals surface area contributed by atoms with Crippen molar-refractivity contribution in [2.75, 3.05) is 39.3 Å². The Kier molecular flexibility index (Phi) is 4.63. The first-order chi connectivity index (χ1) is 9.23. The molecule has 1 aliphatic heterocycles. The van der Waals surface area contributed by atoms with Crippen molar-refractivity contribution in [1.82, 2.24) is 0 Å². The minimum atomic E-state index is 0.0850. The summed E-state index contributed by atoms with van der Waals surface area (Å²) in [5.41, 5.74) is 8.02. The number of nitrogens with two attached hydrogens (primary N) is 1. The summed E-state index contributed by atoms with van der Waals surface area (Å²) in [6.45, 7) is 2.11. The maximum absolute atomic E-state index is 5.81. The number of anilines is 1. The number of rotatable bonds is 5. The van der Waals surface area contributed by atoms with E-state index in [9.17, 15) is 0 Å². The van der Waals surface area contributed by atoms with Crippen LogP contribution >= 0.6 is 0 Å². The fraction of sp³-hybridized carbons (Fsp3) is 0.571. The summed E-state index contributed by atoms with van der Waals surface area (Å²) in [6, 6.07) is 5.96. The smallest absolute Gasteiger partial charge is 0.120 e. The molecule has 2 atom stereocenters. The molecule has 2 N–H and O–H groups in total. The zero-order valence-corrected chi connectivity index (χ0v) is 11.8. The first-order valence-corrected chi connectivity index (χ1v) is 6.41. The molecule has 0 spiro atoms. The highest BCUT2D eigenvalue weighted by molar-refractivity contribution is 5.58. The van der Waals surface area contributed by atoms with E-state index in [0.29, 0.717) is 6.54 Å². The van der Waals surface area contributed by atoms with Gasteiger partial charge in [0, 0.05) is 45.6 Å². The highest BCUT2D eigenvalue weighted by atomic mass is 16.5. The van der Waals surface area contributed by atoms with Crippen LogP contribution in [0.4, 0.5) is 5.69 Å². The van der Waals surface area contributed by atoms with E-state index < -0.39 is 0 Å². The molecule has 0 saturated carbocycles. The van der Waals surface area contributed by atoms with Crippen LogP contribution in [0.1, 0.15) is 5.56 Å². The molecular weight excluding hydrogens is 244 g/mol. The summed E-state index contributed by atoms with van der Waals surface area (Å²) < 4.78 is 16.2. The average Bonchev–Trinajstić information content (AvgIpc) is 2.89. The van der Waals surface area contributed by atoms with Gasteiger partial charge in [-0.05, 0) is 11.6 Å². The van der Waals surface area contributed by atoms with Crippen LogP contribution in [0, 0.1) is 0 Å². The Morgan fingerprint density at radius 2 is 1.79 bits per heavy atom. The lowest BCUT2D eigenvalue weighted by molar-refractivity contribution is -0.00461.